The maximum atomic E-state index is 10.0. The number of para-hydroxylation sites is 2. The van der Waals surface area contributed by atoms with Crippen LogP contribution in [0.25, 0.3) is 10.2 Å². The smallest absolute Gasteiger partial charge is 0.186 e. The van der Waals surface area contributed by atoms with Crippen LogP contribution in [0.3, 0.4) is 0 Å². The van der Waals surface area contributed by atoms with Crippen molar-refractivity contribution >= 4 is 32.4 Å². The Morgan fingerprint density at radius 3 is 2.60 bits per heavy atom. The molecule has 3 aromatic rings. The topological polar surface area (TPSA) is 48.8 Å². The normalized spacial score (nSPS) is 14.9. The van der Waals surface area contributed by atoms with Gasteiger partial charge in [-0.3, -0.25) is 0 Å². The molecule has 0 saturated carbocycles. The first kappa shape index (κ1) is 16.0. The Morgan fingerprint density at radius 1 is 1.08 bits per heavy atom. The lowest BCUT2D eigenvalue weighted by Gasteiger charge is -2.36. The van der Waals surface area contributed by atoms with Crippen molar-refractivity contribution in [3.63, 3.8) is 0 Å². The molecule has 0 amide bonds. The molecular weight excluding hydrogens is 334 g/mol. The van der Waals surface area contributed by atoms with Crippen LogP contribution in [0.15, 0.2) is 42.5 Å². The molecular formula is C19H21N3O2S. The second-order valence-electron chi connectivity index (χ2n) is 6.02. The first-order valence-electron chi connectivity index (χ1n) is 8.56. The molecule has 0 spiro atoms. The number of rotatable bonds is 4. The van der Waals surface area contributed by atoms with Crippen LogP contribution in [-0.4, -0.2) is 42.9 Å². The molecule has 1 N–H and O–H groups in total. The molecule has 1 saturated heterocycles. The highest BCUT2D eigenvalue weighted by atomic mass is 32.1. The van der Waals surface area contributed by atoms with Crippen molar-refractivity contribution < 1.29 is 9.84 Å². The summed E-state index contributed by atoms with van der Waals surface area (Å²) in [6, 6.07) is 13.6. The van der Waals surface area contributed by atoms with Crippen molar-refractivity contribution in [2.75, 3.05) is 42.6 Å². The molecule has 1 aliphatic heterocycles. The van der Waals surface area contributed by atoms with Crippen molar-refractivity contribution in [3.8, 4) is 11.5 Å². The molecule has 1 aliphatic rings. The highest BCUT2D eigenvalue weighted by molar-refractivity contribution is 7.22. The predicted molar refractivity (Wildman–Crippen MR) is 103 cm³/mol. The first-order valence-corrected chi connectivity index (χ1v) is 9.37. The summed E-state index contributed by atoms with van der Waals surface area (Å²) in [7, 11) is 0. The monoisotopic (exact) mass is 355 g/mol. The van der Waals surface area contributed by atoms with Crippen LogP contribution in [0.2, 0.25) is 0 Å². The van der Waals surface area contributed by atoms with Gasteiger partial charge in [-0.25, -0.2) is 4.98 Å². The van der Waals surface area contributed by atoms with Gasteiger partial charge in [0.25, 0.3) is 0 Å². The van der Waals surface area contributed by atoms with E-state index < -0.39 is 0 Å². The number of aromatic nitrogens is 1. The summed E-state index contributed by atoms with van der Waals surface area (Å²) in [6.07, 6.45) is 0. The molecule has 0 radical (unpaired) electrons. The van der Waals surface area contributed by atoms with Crippen molar-refractivity contribution in [2.45, 2.75) is 6.92 Å². The fraction of sp³-hybridized carbons (Fsp3) is 0.316. The number of thiazole rings is 1. The zero-order valence-corrected chi connectivity index (χ0v) is 15.0. The van der Waals surface area contributed by atoms with E-state index in [9.17, 15) is 5.11 Å². The number of phenolic OH excluding ortho intramolecular Hbond substituents is 1. The molecule has 0 bridgehead atoms. The van der Waals surface area contributed by atoms with Gasteiger partial charge < -0.3 is 19.6 Å². The summed E-state index contributed by atoms with van der Waals surface area (Å²) in [5.41, 5.74) is 1.93. The van der Waals surface area contributed by atoms with E-state index in [1.165, 1.54) is 0 Å². The van der Waals surface area contributed by atoms with Gasteiger partial charge >= 0.3 is 0 Å². The number of aromatic hydroxyl groups is 1. The maximum Gasteiger partial charge on any atom is 0.186 e. The van der Waals surface area contributed by atoms with Crippen LogP contribution in [0.1, 0.15) is 6.92 Å². The number of nitrogens with zero attached hydrogens (tertiary/aromatic N) is 3. The van der Waals surface area contributed by atoms with E-state index in [4.69, 9.17) is 9.72 Å². The molecule has 0 atom stereocenters. The van der Waals surface area contributed by atoms with Crippen molar-refractivity contribution in [2.24, 2.45) is 0 Å². The maximum absolute atomic E-state index is 10.0. The fourth-order valence-corrected chi connectivity index (χ4v) is 4.20. The Kier molecular flexibility index (Phi) is 4.36. The molecule has 1 fully saturated rings. The number of piperazine rings is 1. The van der Waals surface area contributed by atoms with Crippen LogP contribution >= 0.6 is 11.3 Å². The third kappa shape index (κ3) is 3.22. The van der Waals surface area contributed by atoms with Crippen LogP contribution in [0.5, 0.6) is 11.5 Å². The summed E-state index contributed by atoms with van der Waals surface area (Å²) in [5.74, 6) is 1.24. The quantitative estimate of drug-likeness (QED) is 0.773. The number of phenols is 1. The summed E-state index contributed by atoms with van der Waals surface area (Å²) in [6.45, 7) is 6.20. The summed E-state index contributed by atoms with van der Waals surface area (Å²) in [5, 5.41) is 11.1. The van der Waals surface area contributed by atoms with Crippen LogP contribution in [0, 0.1) is 0 Å². The zero-order chi connectivity index (χ0) is 17.2. The largest absolute Gasteiger partial charge is 0.506 e. The van der Waals surface area contributed by atoms with E-state index in [1.54, 1.807) is 17.4 Å². The van der Waals surface area contributed by atoms with Crippen molar-refractivity contribution in [1.82, 2.24) is 4.98 Å². The first-order chi connectivity index (χ1) is 12.2. The van der Waals surface area contributed by atoms with E-state index in [0.717, 1.165) is 53.0 Å². The Balaban J connectivity index is 1.49. The van der Waals surface area contributed by atoms with Gasteiger partial charge in [0.2, 0.25) is 0 Å². The summed E-state index contributed by atoms with van der Waals surface area (Å²) < 4.78 is 6.73. The Bertz CT molecular complexity index is 872. The predicted octanol–water partition coefficient (Wildman–Crippen LogP) is 3.73. The number of anilines is 2. The Morgan fingerprint density at radius 2 is 1.84 bits per heavy atom. The second kappa shape index (κ2) is 6.80. The number of ether oxygens (including phenoxy) is 1. The average Bonchev–Trinajstić information content (AvgIpc) is 3.06. The van der Waals surface area contributed by atoms with Crippen molar-refractivity contribution in [3.05, 3.63) is 42.5 Å². The highest BCUT2D eigenvalue weighted by Gasteiger charge is 2.21. The molecule has 2 aromatic carbocycles. The van der Waals surface area contributed by atoms with Crippen molar-refractivity contribution in [1.29, 1.82) is 0 Å². The van der Waals surface area contributed by atoms with Gasteiger partial charge in [-0.2, -0.15) is 0 Å². The third-order valence-corrected chi connectivity index (χ3v) is 5.51. The Labute approximate surface area is 151 Å². The zero-order valence-electron chi connectivity index (χ0n) is 14.2. The van der Waals surface area contributed by atoms with Gasteiger partial charge in [0, 0.05) is 26.2 Å². The molecule has 4 rings (SSSR count). The lowest BCUT2D eigenvalue weighted by molar-refractivity contribution is 0.341. The minimum atomic E-state index is 0.347. The lowest BCUT2D eigenvalue weighted by Crippen LogP contribution is -2.46. The summed E-state index contributed by atoms with van der Waals surface area (Å²) in [4.78, 5) is 9.32. The number of hydrogen-bond donors (Lipinski definition) is 1. The SMILES string of the molecule is CCOc1ccc2nc(N3CCN(c4ccccc4O)CC3)sc2c1. The average molecular weight is 355 g/mol. The van der Waals surface area contributed by atoms with E-state index in [-0.39, 0.29) is 0 Å². The van der Waals surface area contributed by atoms with E-state index in [2.05, 4.69) is 15.9 Å². The van der Waals surface area contributed by atoms with E-state index in [1.807, 2.05) is 37.3 Å². The summed E-state index contributed by atoms with van der Waals surface area (Å²) >= 11 is 1.71. The molecule has 5 nitrogen and oxygen atoms in total. The molecule has 1 aromatic heterocycles. The van der Waals surface area contributed by atoms with E-state index in [0.29, 0.717) is 12.4 Å². The van der Waals surface area contributed by atoms with Gasteiger partial charge in [-0.1, -0.05) is 23.5 Å². The van der Waals surface area contributed by atoms with Crippen LogP contribution in [0.4, 0.5) is 10.8 Å². The molecule has 0 aliphatic carbocycles. The molecule has 25 heavy (non-hydrogen) atoms. The van der Waals surface area contributed by atoms with Gasteiger partial charge in [0.15, 0.2) is 5.13 Å². The van der Waals surface area contributed by atoms with Crippen LogP contribution < -0.4 is 14.5 Å². The Hall–Kier alpha value is -2.47. The van der Waals surface area contributed by atoms with Gasteiger partial charge in [-0.15, -0.1) is 0 Å². The number of hydrogen-bond acceptors (Lipinski definition) is 6. The van der Waals surface area contributed by atoms with E-state index >= 15 is 0 Å². The fourth-order valence-electron chi connectivity index (χ4n) is 3.15. The third-order valence-electron chi connectivity index (χ3n) is 4.43. The van der Waals surface area contributed by atoms with Crippen LogP contribution in [-0.2, 0) is 0 Å². The van der Waals surface area contributed by atoms with Gasteiger partial charge in [0.05, 0.1) is 22.5 Å². The number of benzene rings is 2. The molecule has 0 unspecified atom stereocenters. The molecule has 2 heterocycles. The highest BCUT2D eigenvalue weighted by Crippen LogP contribution is 2.33. The lowest BCUT2D eigenvalue weighted by atomic mass is 10.2. The minimum absolute atomic E-state index is 0.347. The molecule has 6 heteroatoms. The standard InChI is InChI=1S/C19H21N3O2S/c1-2-24-14-7-8-15-18(13-14)25-19(20-15)22-11-9-21(10-12-22)16-5-3-4-6-17(16)23/h3-8,13,23H,2,9-12H2,1H3. The van der Waals surface area contributed by atoms with Gasteiger partial charge in [0.1, 0.15) is 11.5 Å². The number of fused-ring (bicyclic) bond motifs is 1. The second-order valence-corrected chi connectivity index (χ2v) is 7.03. The minimum Gasteiger partial charge on any atom is -0.506 e. The van der Waals surface area contributed by atoms with Gasteiger partial charge in [-0.05, 0) is 37.3 Å². The molecule has 130 valence electrons.